The Balaban J connectivity index is 2.02. The van der Waals surface area contributed by atoms with Crippen LogP contribution >= 0.6 is 0 Å². The smallest absolute Gasteiger partial charge is 0.262 e. The van der Waals surface area contributed by atoms with Crippen molar-refractivity contribution in [1.82, 2.24) is 0 Å². The highest BCUT2D eigenvalue weighted by molar-refractivity contribution is 5.95. The van der Waals surface area contributed by atoms with E-state index in [1.165, 1.54) is 0 Å². The van der Waals surface area contributed by atoms with Gasteiger partial charge >= 0.3 is 0 Å². The topological polar surface area (TPSA) is 55.4 Å². The Morgan fingerprint density at radius 3 is 3.06 bits per heavy atom. The summed E-state index contributed by atoms with van der Waals surface area (Å²) in [4.78, 5) is 22.0. The summed E-state index contributed by atoms with van der Waals surface area (Å²) < 4.78 is 5.27. The number of aryl methyl sites for hydroxylation is 1. The van der Waals surface area contributed by atoms with E-state index >= 15 is 0 Å². The molecule has 1 heterocycles. The van der Waals surface area contributed by atoms with Gasteiger partial charge in [0.05, 0.1) is 5.69 Å². The van der Waals surface area contributed by atoms with Gasteiger partial charge in [0.1, 0.15) is 11.5 Å². The summed E-state index contributed by atoms with van der Waals surface area (Å²) in [5.74, 6) is 0.790. The number of amides is 1. The molecular weight excluding hydrogens is 218 g/mol. The zero-order valence-corrected chi connectivity index (χ0v) is 9.79. The first kappa shape index (κ1) is 11.6. The molecule has 1 aromatic carbocycles. The minimum atomic E-state index is -0.126. The number of benzene rings is 1. The summed E-state index contributed by atoms with van der Waals surface area (Å²) in [7, 11) is 0. The number of hydrogen-bond acceptors (Lipinski definition) is 3. The fourth-order valence-corrected chi connectivity index (χ4v) is 1.83. The number of ether oxygens (including phenoxy) is 1. The maximum Gasteiger partial charge on any atom is 0.262 e. The van der Waals surface area contributed by atoms with Gasteiger partial charge in [0, 0.05) is 6.42 Å². The van der Waals surface area contributed by atoms with Crippen LogP contribution in [-0.4, -0.2) is 18.3 Å². The van der Waals surface area contributed by atoms with Crippen LogP contribution in [0.4, 0.5) is 5.69 Å². The number of ketones is 1. The van der Waals surface area contributed by atoms with Crippen molar-refractivity contribution in [3.63, 3.8) is 0 Å². The van der Waals surface area contributed by atoms with Crippen LogP contribution in [0.5, 0.6) is 5.75 Å². The van der Waals surface area contributed by atoms with Crippen molar-refractivity contribution in [2.24, 2.45) is 0 Å². The SMILES string of the molecule is CC(=O)CCCc1ccc2c(c1)NC(=O)CO2. The molecule has 1 N–H and O–H groups in total. The first-order valence-electron chi connectivity index (χ1n) is 5.70. The van der Waals surface area contributed by atoms with Gasteiger partial charge in [0.2, 0.25) is 0 Å². The highest BCUT2D eigenvalue weighted by Crippen LogP contribution is 2.28. The third-order valence-electron chi connectivity index (χ3n) is 2.67. The van der Waals surface area contributed by atoms with Crippen LogP contribution in [0.2, 0.25) is 0 Å². The molecule has 0 fully saturated rings. The monoisotopic (exact) mass is 233 g/mol. The van der Waals surface area contributed by atoms with Gasteiger partial charge in [-0.25, -0.2) is 0 Å². The third-order valence-corrected chi connectivity index (χ3v) is 2.67. The summed E-state index contributed by atoms with van der Waals surface area (Å²) in [6, 6.07) is 5.74. The number of rotatable bonds is 4. The Bertz CT molecular complexity index is 454. The molecule has 1 aliphatic heterocycles. The molecule has 1 aliphatic rings. The van der Waals surface area contributed by atoms with Gasteiger partial charge in [0.25, 0.3) is 5.91 Å². The standard InChI is InChI=1S/C13H15NO3/c1-9(15)3-2-4-10-5-6-12-11(7-10)14-13(16)8-17-12/h5-7H,2-4,8H2,1H3,(H,14,16). The number of anilines is 1. The lowest BCUT2D eigenvalue weighted by atomic mass is 10.1. The second kappa shape index (κ2) is 4.99. The molecule has 4 nitrogen and oxygen atoms in total. The van der Waals surface area contributed by atoms with E-state index in [1.807, 2.05) is 18.2 Å². The quantitative estimate of drug-likeness (QED) is 0.864. The normalized spacial score (nSPS) is 13.6. The number of Topliss-reactive ketones (excluding diaryl/α,β-unsaturated/α-hetero) is 1. The summed E-state index contributed by atoms with van der Waals surface area (Å²) in [6.45, 7) is 1.68. The number of carbonyl (C=O) groups is 2. The molecule has 4 heteroatoms. The molecule has 0 aromatic heterocycles. The molecule has 0 unspecified atom stereocenters. The van der Waals surface area contributed by atoms with Crippen molar-refractivity contribution in [3.05, 3.63) is 23.8 Å². The van der Waals surface area contributed by atoms with Crippen molar-refractivity contribution >= 4 is 17.4 Å². The highest BCUT2D eigenvalue weighted by Gasteiger charge is 2.15. The van der Waals surface area contributed by atoms with E-state index in [1.54, 1.807) is 6.92 Å². The molecule has 1 amide bonds. The van der Waals surface area contributed by atoms with Gasteiger partial charge in [-0.05, 0) is 37.5 Å². The highest BCUT2D eigenvalue weighted by atomic mass is 16.5. The molecule has 0 saturated heterocycles. The number of fused-ring (bicyclic) bond motifs is 1. The first-order chi connectivity index (χ1) is 8.15. The minimum absolute atomic E-state index is 0.0800. The van der Waals surface area contributed by atoms with E-state index < -0.39 is 0 Å². The summed E-state index contributed by atoms with van der Waals surface area (Å²) >= 11 is 0. The second-order valence-electron chi connectivity index (χ2n) is 4.22. The number of hydrogen-bond donors (Lipinski definition) is 1. The first-order valence-corrected chi connectivity index (χ1v) is 5.70. The van der Waals surface area contributed by atoms with Crippen LogP contribution in [0, 0.1) is 0 Å². The molecule has 17 heavy (non-hydrogen) atoms. The zero-order valence-electron chi connectivity index (χ0n) is 9.79. The van der Waals surface area contributed by atoms with Crippen molar-refractivity contribution < 1.29 is 14.3 Å². The summed E-state index contributed by atoms with van der Waals surface area (Å²) in [6.07, 6.45) is 2.27. The lowest BCUT2D eigenvalue weighted by Crippen LogP contribution is -2.25. The van der Waals surface area contributed by atoms with Gasteiger partial charge < -0.3 is 14.8 Å². The Kier molecular flexibility index (Phi) is 3.42. The van der Waals surface area contributed by atoms with Gasteiger partial charge in [-0.15, -0.1) is 0 Å². The molecular formula is C13H15NO3. The maximum absolute atomic E-state index is 11.2. The molecule has 0 aliphatic carbocycles. The second-order valence-corrected chi connectivity index (χ2v) is 4.22. The van der Waals surface area contributed by atoms with Gasteiger partial charge in [-0.2, -0.15) is 0 Å². The number of nitrogens with one attached hydrogen (secondary N) is 1. The molecule has 90 valence electrons. The lowest BCUT2D eigenvalue weighted by Gasteiger charge is -2.18. The largest absolute Gasteiger partial charge is 0.482 e. The molecule has 1 aromatic rings. The molecule has 0 spiro atoms. The average molecular weight is 233 g/mol. The van der Waals surface area contributed by atoms with Crippen molar-refractivity contribution in [1.29, 1.82) is 0 Å². The fraction of sp³-hybridized carbons (Fsp3) is 0.385. The fourth-order valence-electron chi connectivity index (χ4n) is 1.83. The van der Waals surface area contributed by atoms with E-state index in [0.29, 0.717) is 12.2 Å². The van der Waals surface area contributed by atoms with Crippen LogP contribution in [0.25, 0.3) is 0 Å². The Labute approximate surface area is 100.0 Å². The predicted octanol–water partition coefficient (Wildman–Crippen LogP) is 1.93. The number of carbonyl (C=O) groups excluding carboxylic acids is 2. The van der Waals surface area contributed by atoms with Crippen molar-refractivity contribution in [2.45, 2.75) is 26.2 Å². The Hall–Kier alpha value is -1.84. The van der Waals surface area contributed by atoms with E-state index in [4.69, 9.17) is 4.74 Å². The minimum Gasteiger partial charge on any atom is -0.482 e. The lowest BCUT2D eigenvalue weighted by molar-refractivity contribution is -0.119. The molecule has 0 bridgehead atoms. The molecule has 0 radical (unpaired) electrons. The Morgan fingerprint density at radius 1 is 1.47 bits per heavy atom. The molecule has 0 atom stereocenters. The van der Waals surface area contributed by atoms with Crippen LogP contribution < -0.4 is 10.1 Å². The average Bonchev–Trinajstić information content (AvgIpc) is 2.28. The predicted molar refractivity (Wildman–Crippen MR) is 64.2 cm³/mol. The zero-order chi connectivity index (χ0) is 12.3. The third kappa shape index (κ3) is 3.06. The molecule has 0 saturated carbocycles. The van der Waals surface area contributed by atoms with Crippen molar-refractivity contribution in [2.75, 3.05) is 11.9 Å². The summed E-state index contributed by atoms with van der Waals surface area (Å²) in [5, 5.41) is 2.77. The van der Waals surface area contributed by atoms with Gasteiger partial charge in [-0.1, -0.05) is 6.07 Å². The van der Waals surface area contributed by atoms with E-state index in [2.05, 4.69) is 5.32 Å². The van der Waals surface area contributed by atoms with Crippen molar-refractivity contribution in [3.8, 4) is 5.75 Å². The summed E-state index contributed by atoms with van der Waals surface area (Å²) in [5.41, 5.74) is 1.83. The van der Waals surface area contributed by atoms with Crippen LogP contribution in [0.3, 0.4) is 0 Å². The van der Waals surface area contributed by atoms with E-state index in [-0.39, 0.29) is 18.3 Å². The van der Waals surface area contributed by atoms with E-state index in [0.717, 1.165) is 24.1 Å². The molecule has 2 rings (SSSR count). The van der Waals surface area contributed by atoms with Crippen LogP contribution in [0.15, 0.2) is 18.2 Å². The van der Waals surface area contributed by atoms with Gasteiger partial charge in [-0.3, -0.25) is 4.79 Å². The van der Waals surface area contributed by atoms with Crippen LogP contribution in [-0.2, 0) is 16.0 Å². The Morgan fingerprint density at radius 2 is 2.29 bits per heavy atom. The van der Waals surface area contributed by atoms with E-state index in [9.17, 15) is 9.59 Å². The van der Waals surface area contributed by atoms with Gasteiger partial charge in [0.15, 0.2) is 6.61 Å². The van der Waals surface area contributed by atoms with Crippen LogP contribution in [0.1, 0.15) is 25.3 Å². The maximum atomic E-state index is 11.2.